The molecule has 6 nitrogen and oxygen atoms in total. The summed E-state index contributed by atoms with van der Waals surface area (Å²) in [5.74, 6) is 1.30. The molecule has 2 fully saturated rings. The van der Waals surface area contributed by atoms with Crippen molar-refractivity contribution in [3.8, 4) is 0 Å². The molecule has 0 spiro atoms. The second-order valence-electron chi connectivity index (χ2n) is 15.9. The SMILES string of the molecule is CC(=O)SC[C@H]1CCCN(C(c2ccccc2)(c2ccccc2)C(CC(c2ccccc2)c2ccccc2)N2CCC[C@H](COS(=O)(=O)c3ccc(C)cc3)C2)C1. The fraction of sp³-hybridized carbons (Fsp3) is 0.367. The van der Waals surface area contributed by atoms with Crippen LogP contribution in [0.5, 0.6) is 0 Å². The molecule has 0 N–H and O–H groups in total. The van der Waals surface area contributed by atoms with Gasteiger partial charge >= 0.3 is 0 Å². The summed E-state index contributed by atoms with van der Waals surface area (Å²) in [7, 11) is -3.91. The predicted octanol–water partition coefficient (Wildman–Crippen LogP) is 9.94. The summed E-state index contributed by atoms with van der Waals surface area (Å²) < 4.78 is 32.8. The zero-order valence-electron chi connectivity index (χ0n) is 33.3. The average molecular weight is 801 g/mol. The molecule has 5 aromatic carbocycles. The van der Waals surface area contributed by atoms with Crippen molar-refractivity contribution in [2.24, 2.45) is 11.8 Å². The largest absolute Gasteiger partial charge is 0.297 e. The number of likely N-dealkylation sites (tertiary alicyclic amines) is 2. The quantitative estimate of drug-likeness (QED) is 0.0978. The summed E-state index contributed by atoms with van der Waals surface area (Å²) in [6, 6.07) is 50.8. The molecule has 0 amide bonds. The van der Waals surface area contributed by atoms with Crippen molar-refractivity contribution in [2.75, 3.05) is 38.5 Å². The summed E-state index contributed by atoms with van der Waals surface area (Å²) in [6.45, 7) is 7.16. The molecule has 3 atom stereocenters. The molecule has 57 heavy (non-hydrogen) atoms. The molecule has 0 aliphatic carbocycles. The van der Waals surface area contributed by atoms with Crippen molar-refractivity contribution in [2.45, 2.75) is 68.3 Å². The van der Waals surface area contributed by atoms with Crippen LogP contribution in [0.15, 0.2) is 150 Å². The molecular weight excluding hydrogens is 745 g/mol. The van der Waals surface area contributed by atoms with E-state index in [2.05, 4.69) is 131 Å². The Balaban J connectivity index is 1.36. The van der Waals surface area contributed by atoms with Gasteiger partial charge in [-0.2, -0.15) is 8.42 Å². The minimum absolute atomic E-state index is 0.0246. The molecule has 2 heterocycles. The number of thioether (sulfide) groups is 1. The Morgan fingerprint density at radius 1 is 0.719 bits per heavy atom. The number of hydrogen-bond donors (Lipinski definition) is 0. The van der Waals surface area contributed by atoms with Crippen LogP contribution in [0.3, 0.4) is 0 Å². The van der Waals surface area contributed by atoms with Crippen molar-refractivity contribution >= 4 is 27.0 Å². The van der Waals surface area contributed by atoms with Gasteiger partial charge < -0.3 is 0 Å². The van der Waals surface area contributed by atoms with Gasteiger partial charge in [-0.25, -0.2) is 0 Å². The zero-order valence-corrected chi connectivity index (χ0v) is 34.9. The number of carbonyl (C=O) groups is 1. The third-order valence-electron chi connectivity index (χ3n) is 12.1. The zero-order chi connectivity index (χ0) is 39.7. The lowest BCUT2D eigenvalue weighted by Crippen LogP contribution is -2.64. The lowest BCUT2D eigenvalue weighted by molar-refractivity contribution is -0.109. The van der Waals surface area contributed by atoms with Crippen LogP contribution in [-0.2, 0) is 24.6 Å². The normalized spacial score (nSPS) is 19.0. The van der Waals surface area contributed by atoms with E-state index in [9.17, 15) is 13.2 Å². The van der Waals surface area contributed by atoms with Crippen molar-refractivity contribution in [1.82, 2.24) is 9.80 Å². The molecule has 7 rings (SSSR count). The Labute approximate surface area is 344 Å². The first-order valence-electron chi connectivity index (χ1n) is 20.5. The summed E-state index contributed by atoms with van der Waals surface area (Å²) in [6.07, 6.45) is 4.80. The lowest BCUT2D eigenvalue weighted by atomic mass is 9.69. The van der Waals surface area contributed by atoms with Gasteiger partial charge in [-0.1, -0.05) is 151 Å². The van der Waals surface area contributed by atoms with Gasteiger partial charge in [0, 0.05) is 37.7 Å². The third kappa shape index (κ3) is 9.81. The standard InChI is InChI=1S/C49H56N2O4S2/c1-38-27-29-46(30-28-38)57(53,54)55-36-40-17-15-31-50(34-40)48(33-47(42-19-7-3-8-20-42)43-21-9-4-10-22-43)49(44-23-11-5-12-24-44,45-25-13-6-14-26-45)51-32-16-18-41(35-51)37-56-39(2)52/h3-14,19-30,40-41,47-48H,15-18,31-37H2,1-2H3/t40-,41-,48?/m0/s1. The smallest absolute Gasteiger partial charge is 0.296 e. The maximum Gasteiger partial charge on any atom is 0.296 e. The van der Waals surface area contributed by atoms with Crippen molar-refractivity contribution in [3.05, 3.63) is 173 Å². The van der Waals surface area contributed by atoms with Gasteiger partial charge in [0.2, 0.25) is 0 Å². The molecule has 1 unspecified atom stereocenters. The van der Waals surface area contributed by atoms with Crippen molar-refractivity contribution in [3.63, 3.8) is 0 Å². The third-order valence-corrected chi connectivity index (χ3v) is 14.4. The Morgan fingerprint density at radius 3 is 1.81 bits per heavy atom. The van der Waals surface area contributed by atoms with Gasteiger partial charge in [-0.15, -0.1) is 0 Å². The highest BCUT2D eigenvalue weighted by molar-refractivity contribution is 8.13. The van der Waals surface area contributed by atoms with Gasteiger partial charge in [0.25, 0.3) is 10.1 Å². The number of hydrogen-bond acceptors (Lipinski definition) is 7. The Hall–Kier alpha value is -4.05. The van der Waals surface area contributed by atoms with Gasteiger partial charge in [0.15, 0.2) is 5.12 Å². The second-order valence-corrected chi connectivity index (χ2v) is 18.7. The number of rotatable bonds is 15. The Bertz CT molecular complexity index is 2040. The molecule has 2 aliphatic rings. The van der Waals surface area contributed by atoms with Crippen LogP contribution in [0.4, 0.5) is 0 Å². The van der Waals surface area contributed by atoms with E-state index < -0.39 is 15.7 Å². The van der Waals surface area contributed by atoms with Crippen LogP contribution in [0.2, 0.25) is 0 Å². The summed E-state index contributed by atoms with van der Waals surface area (Å²) >= 11 is 1.45. The van der Waals surface area contributed by atoms with Crippen LogP contribution >= 0.6 is 11.8 Å². The molecule has 8 heteroatoms. The molecular formula is C49H56N2O4S2. The Morgan fingerprint density at radius 2 is 1.25 bits per heavy atom. The predicted molar refractivity (Wildman–Crippen MR) is 233 cm³/mol. The maximum atomic E-state index is 13.5. The van der Waals surface area contributed by atoms with E-state index in [-0.39, 0.29) is 34.5 Å². The van der Waals surface area contributed by atoms with Crippen LogP contribution in [0.25, 0.3) is 0 Å². The molecule has 0 saturated carbocycles. The van der Waals surface area contributed by atoms with Gasteiger partial charge in [-0.3, -0.25) is 18.8 Å². The second kappa shape index (κ2) is 19.1. The topological polar surface area (TPSA) is 66.9 Å². The number of aryl methyl sites for hydroxylation is 1. The van der Waals surface area contributed by atoms with E-state index in [1.165, 1.54) is 34.0 Å². The molecule has 2 saturated heterocycles. The lowest BCUT2D eigenvalue weighted by Gasteiger charge is -2.57. The fourth-order valence-electron chi connectivity index (χ4n) is 9.39. The van der Waals surface area contributed by atoms with Gasteiger partial charge in [-0.05, 0) is 98.3 Å². The monoisotopic (exact) mass is 800 g/mol. The molecule has 0 radical (unpaired) electrons. The van der Waals surface area contributed by atoms with Crippen molar-refractivity contribution in [1.29, 1.82) is 0 Å². The van der Waals surface area contributed by atoms with E-state index in [1.54, 1.807) is 19.1 Å². The number of nitrogens with zero attached hydrogens (tertiary/aromatic N) is 2. The Kier molecular flexibility index (Phi) is 13.8. The minimum atomic E-state index is -3.91. The van der Waals surface area contributed by atoms with Crippen LogP contribution in [0, 0.1) is 18.8 Å². The summed E-state index contributed by atoms with van der Waals surface area (Å²) in [4.78, 5) is 17.9. The molecule has 0 bridgehead atoms. The molecule has 2 aliphatic heterocycles. The number of benzene rings is 5. The van der Waals surface area contributed by atoms with E-state index in [4.69, 9.17) is 4.18 Å². The highest BCUT2D eigenvalue weighted by Crippen LogP contribution is 2.48. The molecule has 0 aromatic heterocycles. The van der Waals surface area contributed by atoms with E-state index in [0.29, 0.717) is 12.5 Å². The van der Waals surface area contributed by atoms with Crippen molar-refractivity contribution < 1.29 is 17.4 Å². The highest BCUT2D eigenvalue weighted by Gasteiger charge is 2.51. The first kappa shape index (κ1) is 41.1. The van der Waals surface area contributed by atoms with Gasteiger partial charge in [0.1, 0.15) is 0 Å². The fourth-order valence-corrected chi connectivity index (χ4v) is 11.1. The molecule has 5 aromatic rings. The number of piperidine rings is 2. The average Bonchev–Trinajstić information content (AvgIpc) is 3.25. The van der Waals surface area contributed by atoms with E-state index in [1.807, 2.05) is 19.1 Å². The summed E-state index contributed by atoms with van der Waals surface area (Å²) in [5.41, 5.74) is 5.49. The van der Waals surface area contributed by atoms with Crippen LogP contribution < -0.4 is 0 Å². The minimum Gasteiger partial charge on any atom is -0.297 e. The van der Waals surface area contributed by atoms with E-state index >= 15 is 0 Å². The highest BCUT2D eigenvalue weighted by atomic mass is 32.2. The first-order valence-corrected chi connectivity index (χ1v) is 22.9. The summed E-state index contributed by atoms with van der Waals surface area (Å²) in [5, 5.41) is 0.168. The van der Waals surface area contributed by atoms with Gasteiger partial charge in [0.05, 0.1) is 17.0 Å². The van der Waals surface area contributed by atoms with Crippen LogP contribution in [-0.4, -0.2) is 67.9 Å². The van der Waals surface area contributed by atoms with Crippen LogP contribution in [0.1, 0.15) is 72.8 Å². The first-order chi connectivity index (χ1) is 27.7. The van der Waals surface area contributed by atoms with E-state index in [0.717, 1.165) is 63.1 Å². The molecule has 298 valence electrons. The maximum absolute atomic E-state index is 13.5. The number of carbonyl (C=O) groups excluding carboxylic acids is 1.